The molecule has 4 rings (SSSR count). The zero-order valence-electron chi connectivity index (χ0n) is 22.3. The lowest BCUT2D eigenvalue weighted by Gasteiger charge is -2.35. The molecule has 2 heterocycles. The zero-order chi connectivity index (χ0) is 28.1. The van der Waals surface area contributed by atoms with Gasteiger partial charge in [-0.2, -0.15) is 0 Å². The summed E-state index contributed by atoms with van der Waals surface area (Å²) in [5.74, 6) is -0.399. The summed E-state index contributed by atoms with van der Waals surface area (Å²) in [4.78, 5) is 21.8. The van der Waals surface area contributed by atoms with Crippen LogP contribution in [0.4, 0.5) is 0 Å². The second-order valence-electron chi connectivity index (χ2n) is 9.41. The number of ether oxygens (including phenoxy) is 2. The van der Waals surface area contributed by atoms with E-state index in [1.54, 1.807) is 29.2 Å². The van der Waals surface area contributed by atoms with E-state index in [1.807, 2.05) is 19.1 Å². The fourth-order valence-corrected chi connectivity index (χ4v) is 5.25. The number of aromatic hydroxyl groups is 2. The molecule has 0 unspecified atom stereocenters. The SMILES string of the molecule is CCCCc1nc(O)c(C(=O)N2CCN(Cc3cccc(Cl)c3Cl)CC2)c(O)c1-c1cccc(OC)c1OC. The molecular formula is C29H33Cl2N3O5. The van der Waals surface area contributed by atoms with Gasteiger partial charge in [-0.05, 0) is 30.5 Å². The minimum absolute atomic E-state index is 0.221. The molecule has 0 bridgehead atoms. The predicted molar refractivity (Wildman–Crippen MR) is 152 cm³/mol. The number of hydrogen-bond acceptors (Lipinski definition) is 7. The van der Waals surface area contributed by atoms with Crippen LogP contribution in [0.15, 0.2) is 36.4 Å². The maximum atomic E-state index is 13.6. The molecule has 10 heteroatoms. The molecule has 0 aliphatic carbocycles. The van der Waals surface area contributed by atoms with E-state index in [9.17, 15) is 15.0 Å². The van der Waals surface area contributed by atoms with Crippen LogP contribution in [0.2, 0.25) is 10.0 Å². The molecule has 39 heavy (non-hydrogen) atoms. The third-order valence-corrected chi connectivity index (χ3v) is 7.82. The van der Waals surface area contributed by atoms with E-state index in [4.69, 9.17) is 32.7 Å². The summed E-state index contributed by atoms with van der Waals surface area (Å²) in [5.41, 5.74) is 2.07. The van der Waals surface area contributed by atoms with E-state index in [0.717, 1.165) is 18.4 Å². The largest absolute Gasteiger partial charge is 0.506 e. The van der Waals surface area contributed by atoms with E-state index in [1.165, 1.54) is 14.2 Å². The van der Waals surface area contributed by atoms with Crippen molar-refractivity contribution in [1.82, 2.24) is 14.8 Å². The molecule has 3 aromatic rings. The number of hydrogen-bond donors (Lipinski definition) is 2. The monoisotopic (exact) mass is 573 g/mol. The highest BCUT2D eigenvalue weighted by atomic mass is 35.5. The standard InChI is InChI=1S/C29H33Cl2N3O5/c1-4-5-11-21-23(19-9-7-12-22(38-2)27(19)39-3)26(35)24(28(36)32-21)29(37)34-15-13-33(14-16-34)17-18-8-6-10-20(30)25(18)31/h6-10,12H,4-5,11,13-17H2,1-3H3,(H2,32,35,36). The number of carbonyl (C=O) groups excluding carboxylic acids is 1. The zero-order valence-corrected chi connectivity index (χ0v) is 23.8. The molecule has 1 aromatic heterocycles. The van der Waals surface area contributed by atoms with Crippen molar-refractivity contribution in [1.29, 1.82) is 0 Å². The number of nitrogens with zero attached hydrogens (tertiary/aromatic N) is 3. The van der Waals surface area contributed by atoms with Crippen LogP contribution in [0.1, 0.15) is 41.4 Å². The van der Waals surface area contributed by atoms with Gasteiger partial charge in [0, 0.05) is 38.3 Å². The number of unbranched alkanes of at least 4 members (excludes halogenated alkanes) is 1. The van der Waals surface area contributed by atoms with Crippen LogP contribution in [0.3, 0.4) is 0 Å². The van der Waals surface area contributed by atoms with Gasteiger partial charge < -0.3 is 24.6 Å². The van der Waals surface area contributed by atoms with Gasteiger partial charge in [0.25, 0.3) is 5.91 Å². The number of aromatic nitrogens is 1. The average Bonchev–Trinajstić information content (AvgIpc) is 2.94. The van der Waals surface area contributed by atoms with Crippen molar-refractivity contribution in [3.63, 3.8) is 0 Å². The normalized spacial score (nSPS) is 13.9. The van der Waals surface area contributed by atoms with Gasteiger partial charge in [0.1, 0.15) is 11.3 Å². The summed E-state index contributed by atoms with van der Waals surface area (Å²) in [6, 6.07) is 10.8. The first kappa shape index (κ1) is 28.8. The summed E-state index contributed by atoms with van der Waals surface area (Å²) in [7, 11) is 3.05. The van der Waals surface area contributed by atoms with Crippen molar-refractivity contribution in [2.45, 2.75) is 32.7 Å². The van der Waals surface area contributed by atoms with Crippen LogP contribution in [-0.2, 0) is 13.0 Å². The lowest BCUT2D eigenvalue weighted by molar-refractivity contribution is 0.0622. The third-order valence-electron chi connectivity index (χ3n) is 6.96. The number of piperazine rings is 1. The summed E-state index contributed by atoms with van der Waals surface area (Å²) in [5, 5.41) is 23.4. The second-order valence-corrected chi connectivity index (χ2v) is 10.2. The van der Waals surface area contributed by atoms with E-state index in [0.29, 0.717) is 77.5 Å². The van der Waals surface area contributed by atoms with Crippen molar-refractivity contribution >= 4 is 29.1 Å². The van der Waals surface area contributed by atoms with Gasteiger partial charge in [-0.25, -0.2) is 4.98 Å². The van der Waals surface area contributed by atoms with Crippen molar-refractivity contribution in [3.05, 3.63) is 63.3 Å². The summed E-state index contributed by atoms with van der Waals surface area (Å²) in [6.45, 7) is 4.65. The molecule has 8 nitrogen and oxygen atoms in total. The molecule has 0 saturated carbocycles. The van der Waals surface area contributed by atoms with Gasteiger partial charge >= 0.3 is 0 Å². The Labute approximate surface area is 238 Å². The maximum absolute atomic E-state index is 13.6. The minimum Gasteiger partial charge on any atom is -0.506 e. The number of para-hydroxylation sites is 1. The third kappa shape index (κ3) is 6.03. The van der Waals surface area contributed by atoms with Gasteiger partial charge in [0.2, 0.25) is 5.88 Å². The van der Waals surface area contributed by atoms with Gasteiger partial charge in [0.05, 0.1) is 35.5 Å². The number of benzene rings is 2. The van der Waals surface area contributed by atoms with Crippen molar-refractivity contribution in [3.8, 4) is 34.3 Å². The number of pyridine rings is 1. The highest BCUT2D eigenvalue weighted by Gasteiger charge is 2.31. The van der Waals surface area contributed by atoms with Crippen LogP contribution >= 0.6 is 23.2 Å². The van der Waals surface area contributed by atoms with Crippen LogP contribution in [0.5, 0.6) is 23.1 Å². The Bertz CT molecular complexity index is 1340. The topological polar surface area (TPSA) is 95.4 Å². The van der Waals surface area contributed by atoms with Gasteiger partial charge in [-0.3, -0.25) is 9.69 Å². The van der Waals surface area contributed by atoms with Crippen molar-refractivity contribution in [2.75, 3.05) is 40.4 Å². The predicted octanol–water partition coefficient (Wildman–Crippen LogP) is 5.78. The Hall–Kier alpha value is -3.20. The summed E-state index contributed by atoms with van der Waals surface area (Å²) >= 11 is 12.5. The minimum atomic E-state index is -0.484. The van der Waals surface area contributed by atoms with Crippen molar-refractivity contribution in [2.24, 2.45) is 0 Å². The molecule has 208 valence electrons. The first-order chi connectivity index (χ1) is 18.8. The van der Waals surface area contributed by atoms with Gasteiger partial charge in [0.15, 0.2) is 11.5 Å². The molecule has 1 saturated heterocycles. The molecule has 0 atom stereocenters. The van der Waals surface area contributed by atoms with E-state index in [2.05, 4.69) is 9.88 Å². The Morgan fingerprint density at radius 2 is 1.74 bits per heavy atom. The Morgan fingerprint density at radius 1 is 1.03 bits per heavy atom. The lowest BCUT2D eigenvalue weighted by Crippen LogP contribution is -2.48. The first-order valence-electron chi connectivity index (χ1n) is 12.9. The molecule has 1 fully saturated rings. The maximum Gasteiger partial charge on any atom is 0.263 e. The van der Waals surface area contributed by atoms with Crippen LogP contribution < -0.4 is 9.47 Å². The molecule has 2 N–H and O–H groups in total. The smallest absolute Gasteiger partial charge is 0.263 e. The van der Waals surface area contributed by atoms with Crippen molar-refractivity contribution < 1.29 is 24.5 Å². The quantitative estimate of drug-likeness (QED) is 0.334. The number of amides is 1. The molecule has 2 aromatic carbocycles. The molecule has 0 spiro atoms. The summed E-state index contributed by atoms with van der Waals surface area (Å²) in [6.07, 6.45) is 2.19. The lowest BCUT2D eigenvalue weighted by atomic mass is 9.95. The molecule has 1 amide bonds. The van der Waals surface area contributed by atoms with E-state index in [-0.39, 0.29) is 11.3 Å². The second kappa shape index (κ2) is 12.8. The fraction of sp³-hybridized carbons (Fsp3) is 0.379. The number of carbonyl (C=O) groups is 1. The number of methoxy groups -OCH3 is 2. The van der Waals surface area contributed by atoms with Crippen LogP contribution in [0.25, 0.3) is 11.1 Å². The van der Waals surface area contributed by atoms with Gasteiger partial charge in [-0.1, -0.05) is 60.8 Å². The molecule has 1 aliphatic heterocycles. The Balaban J connectivity index is 1.64. The van der Waals surface area contributed by atoms with Crippen LogP contribution in [0, 0.1) is 0 Å². The highest BCUT2D eigenvalue weighted by Crippen LogP contribution is 2.46. The van der Waals surface area contributed by atoms with E-state index < -0.39 is 11.8 Å². The Kier molecular flexibility index (Phi) is 9.43. The highest BCUT2D eigenvalue weighted by molar-refractivity contribution is 6.42. The molecule has 1 aliphatic rings. The number of rotatable bonds is 9. The van der Waals surface area contributed by atoms with Crippen LogP contribution in [-0.4, -0.2) is 71.3 Å². The fourth-order valence-electron chi connectivity index (χ4n) is 4.87. The Morgan fingerprint density at radius 3 is 2.41 bits per heavy atom. The molecular weight excluding hydrogens is 541 g/mol. The first-order valence-corrected chi connectivity index (χ1v) is 13.7. The number of aryl methyl sites for hydroxylation is 1. The van der Waals surface area contributed by atoms with Gasteiger partial charge in [-0.15, -0.1) is 0 Å². The summed E-state index contributed by atoms with van der Waals surface area (Å²) < 4.78 is 11.1. The molecule has 0 radical (unpaired) electrons. The van der Waals surface area contributed by atoms with E-state index >= 15 is 0 Å². The number of halogens is 2. The average molecular weight is 575 g/mol.